The van der Waals surface area contributed by atoms with Gasteiger partial charge in [0.05, 0.1) is 25.9 Å². The molecule has 3 saturated carbocycles. The lowest BCUT2D eigenvalue weighted by atomic mass is 9.47. The van der Waals surface area contributed by atoms with Gasteiger partial charge in [-0.15, -0.1) is 0 Å². The van der Waals surface area contributed by atoms with Gasteiger partial charge in [0.2, 0.25) is 0 Å². The van der Waals surface area contributed by atoms with Crippen LogP contribution >= 0.6 is 0 Å². The molecule has 4 unspecified atom stereocenters. The van der Waals surface area contributed by atoms with Crippen LogP contribution in [0.3, 0.4) is 0 Å². The molecule has 0 radical (unpaired) electrons. The second kappa shape index (κ2) is 30.3. The number of fused-ring (bicyclic) bond motifs is 5. The van der Waals surface area contributed by atoms with Crippen LogP contribution in [0.5, 0.6) is 0 Å². The molecular formula is C62H106N2O6. The number of hydrogen-bond acceptors (Lipinski definition) is 7. The van der Waals surface area contributed by atoms with Crippen molar-refractivity contribution in [3.05, 3.63) is 36.0 Å². The van der Waals surface area contributed by atoms with E-state index in [1.807, 2.05) is 0 Å². The van der Waals surface area contributed by atoms with Gasteiger partial charge in [0.25, 0.3) is 0 Å². The Kier molecular flexibility index (Phi) is 24.7. The lowest BCUT2D eigenvalue weighted by molar-refractivity contribution is -0.149. The first-order valence-corrected chi connectivity index (χ1v) is 30.1. The normalized spacial score (nSPS) is 30.1. The van der Waals surface area contributed by atoms with Gasteiger partial charge in [-0.25, -0.2) is 9.59 Å². The first kappa shape index (κ1) is 57.1. The van der Waals surface area contributed by atoms with Gasteiger partial charge < -0.3 is 23.8 Å². The molecule has 6 rings (SSSR count). The van der Waals surface area contributed by atoms with Gasteiger partial charge in [-0.05, 0) is 169 Å². The minimum atomic E-state index is -0.568. The van der Waals surface area contributed by atoms with Crippen molar-refractivity contribution < 1.29 is 28.5 Å². The number of amides is 1. The van der Waals surface area contributed by atoms with Gasteiger partial charge >= 0.3 is 12.1 Å². The van der Waals surface area contributed by atoms with Crippen LogP contribution in [0.15, 0.2) is 36.0 Å². The molecule has 0 aromatic carbocycles. The average Bonchev–Trinajstić information content (AvgIpc) is 3.99. The van der Waals surface area contributed by atoms with E-state index in [9.17, 15) is 9.59 Å². The molecule has 6 aliphatic rings. The number of likely N-dealkylation sites (tertiary alicyclic amines) is 2. The van der Waals surface area contributed by atoms with Crippen molar-refractivity contribution in [2.45, 2.75) is 246 Å². The Morgan fingerprint density at radius 3 is 2.27 bits per heavy atom. The second-order valence-corrected chi connectivity index (χ2v) is 24.4. The molecule has 1 amide bonds. The second-order valence-electron chi connectivity index (χ2n) is 24.4. The molecule has 400 valence electrons. The van der Waals surface area contributed by atoms with E-state index in [-0.39, 0.29) is 36.3 Å². The Hall–Kier alpha value is -2.16. The average molecular weight is 976 g/mol. The summed E-state index contributed by atoms with van der Waals surface area (Å²) in [7, 11) is 0. The number of esters is 1. The SMILES string of the molecule is CCCCC/C=C\C/C=C\CCCCCCCCOCC(CN1CCCCC1)OCCCOC(=O)[C@@H]1CCCN1C(=O)O[C@H]1CC[C@@]2(C)C(=CCC3C2CC[C@@]2(C)C3CC[C@@H]2[C@@H](C)CCCC(C)C)C1. The van der Waals surface area contributed by atoms with Crippen LogP contribution in [0.2, 0.25) is 0 Å². The van der Waals surface area contributed by atoms with E-state index in [0.717, 1.165) is 100 Å². The molecule has 8 heteroatoms. The van der Waals surface area contributed by atoms with Crippen molar-refractivity contribution in [3.63, 3.8) is 0 Å². The number of hydrogen-bond donors (Lipinski definition) is 0. The summed E-state index contributed by atoms with van der Waals surface area (Å²) in [6.45, 7) is 20.7. The highest BCUT2D eigenvalue weighted by molar-refractivity contribution is 5.82. The summed E-state index contributed by atoms with van der Waals surface area (Å²) in [5.41, 5.74) is 2.23. The van der Waals surface area contributed by atoms with Crippen molar-refractivity contribution in [1.82, 2.24) is 9.80 Å². The van der Waals surface area contributed by atoms with Crippen molar-refractivity contribution in [1.29, 1.82) is 0 Å². The number of nitrogens with zero attached hydrogens (tertiary/aromatic N) is 2. The Bertz CT molecular complexity index is 1600. The molecule has 0 spiro atoms. The van der Waals surface area contributed by atoms with Crippen LogP contribution in [-0.2, 0) is 23.7 Å². The standard InChI is InChI=1S/C62H106N2O6/c1-7-8-9-10-11-12-13-14-15-16-17-18-19-20-21-25-43-67-48-53(47-63-40-23-22-24-41-63)68-44-28-45-69-59(65)58-31-27-42-64(58)60(66)70-52-36-38-61(5)51(46-52)32-33-54-56-35-34-55(50(4)30-26-29-49(2)3)62(56,6)39-37-57(54)61/h11-12,14-15,32,49-50,52-58H,7-10,13,16-31,33-48H2,1-6H3/b12-11-,15-14-/t50-,52-,53?,54?,55+,56?,57?,58-,61-,62+/m0/s1. The molecule has 2 heterocycles. The number of rotatable bonds is 31. The van der Waals surface area contributed by atoms with E-state index >= 15 is 0 Å². The zero-order valence-corrected chi connectivity index (χ0v) is 46.1. The summed E-state index contributed by atoms with van der Waals surface area (Å²) in [6, 6.07) is -0.568. The quantitative estimate of drug-likeness (QED) is 0.0389. The van der Waals surface area contributed by atoms with Gasteiger partial charge in [-0.1, -0.05) is 142 Å². The molecule has 2 saturated heterocycles. The predicted molar refractivity (Wildman–Crippen MR) is 289 cm³/mol. The van der Waals surface area contributed by atoms with Crippen LogP contribution in [0.25, 0.3) is 0 Å². The summed E-state index contributed by atoms with van der Waals surface area (Å²) in [5, 5.41) is 0. The maximum Gasteiger partial charge on any atom is 0.410 e. The Morgan fingerprint density at radius 2 is 1.50 bits per heavy atom. The van der Waals surface area contributed by atoms with Gasteiger partial charge in [-0.3, -0.25) is 4.90 Å². The number of unbranched alkanes of at least 4 members (excludes halogenated alkanes) is 9. The fraction of sp³-hybridized carbons (Fsp3) is 0.871. The summed E-state index contributed by atoms with van der Waals surface area (Å²) in [4.78, 5) is 31.4. The molecule has 2 aliphatic heterocycles. The molecular weight excluding hydrogens is 869 g/mol. The minimum absolute atomic E-state index is 0.0125. The summed E-state index contributed by atoms with van der Waals surface area (Å²) < 4.78 is 24.7. The van der Waals surface area contributed by atoms with Crippen LogP contribution in [0.4, 0.5) is 4.79 Å². The lowest BCUT2D eigenvalue weighted by Gasteiger charge is -2.58. The lowest BCUT2D eigenvalue weighted by Crippen LogP contribution is -2.51. The smallest absolute Gasteiger partial charge is 0.410 e. The van der Waals surface area contributed by atoms with Crippen molar-refractivity contribution in [3.8, 4) is 0 Å². The van der Waals surface area contributed by atoms with E-state index in [2.05, 4.69) is 76.8 Å². The van der Waals surface area contributed by atoms with Crippen LogP contribution < -0.4 is 0 Å². The van der Waals surface area contributed by atoms with Gasteiger partial charge in [0.1, 0.15) is 12.1 Å². The van der Waals surface area contributed by atoms with Gasteiger partial charge in [0, 0.05) is 32.5 Å². The van der Waals surface area contributed by atoms with E-state index in [1.54, 1.807) is 4.90 Å². The zero-order chi connectivity index (χ0) is 49.6. The first-order valence-electron chi connectivity index (χ1n) is 30.1. The highest BCUT2D eigenvalue weighted by Crippen LogP contribution is 2.67. The molecule has 8 nitrogen and oxygen atoms in total. The Labute approximate surface area is 429 Å². The highest BCUT2D eigenvalue weighted by atomic mass is 16.6. The number of allylic oxidation sites excluding steroid dienone is 5. The number of carbonyl (C=O) groups excluding carboxylic acids is 2. The van der Waals surface area contributed by atoms with Crippen LogP contribution in [0.1, 0.15) is 228 Å². The fourth-order valence-electron chi connectivity index (χ4n) is 14.8. The van der Waals surface area contributed by atoms with Crippen molar-refractivity contribution in [2.75, 3.05) is 52.6 Å². The molecule has 0 N–H and O–H groups in total. The van der Waals surface area contributed by atoms with E-state index < -0.39 is 6.04 Å². The van der Waals surface area contributed by atoms with Crippen LogP contribution in [-0.4, -0.2) is 92.7 Å². The van der Waals surface area contributed by atoms with Crippen molar-refractivity contribution >= 4 is 12.1 Å². The largest absolute Gasteiger partial charge is 0.464 e. The molecule has 5 fully saturated rings. The first-order chi connectivity index (χ1) is 34.0. The number of piperidine rings is 1. The minimum Gasteiger partial charge on any atom is -0.464 e. The van der Waals surface area contributed by atoms with Crippen molar-refractivity contribution in [2.24, 2.45) is 46.3 Å². The number of carbonyl (C=O) groups is 2. The third kappa shape index (κ3) is 16.9. The third-order valence-electron chi connectivity index (χ3n) is 18.9. The zero-order valence-electron chi connectivity index (χ0n) is 46.1. The van der Waals surface area contributed by atoms with E-state index in [1.165, 1.54) is 140 Å². The topological polar surface area (TPSA) is 77.5 Å². The summed E-state index contributed by atoms with van der Waals surface area (Å²) in [5.74, 6) is 4.57. The third-order valence-corrected chi connectivity index (χ3v) is 18.9. The van der Waals surface area contributed by atoms with Crippen LogP contribution in [0, 0.1) is 46.3 Å². The Balaban J connectivity index is 0.852. The molecule has 0 aromatic heterocycles. The molecule has 0 aromatic rings. The van der Waals surface area contributed by atoms with Gasteiger partial charge in [-0.2, -0.15) is 0 Å². The molecule has 0 bridgehead atoms. The summed E-state index contributed by atoms with van der Waals surface area (Å²) in [6.07, 6.45) is 46.0. The van der Waals surface area contributed by atoms with E-state index in [4.69, 9.17) is 18.9 Å². The number of ether oxygens (including phenoxy) is 4. The maximum absolute atomic E-state index is 13.8. The maximum atomic E-state index is 13.8. The van der Waals surface area contributed by atoms with E-state index in [0.29, 0.717) is 38.0 Å². The predicted octanol–water partition coefficient (Wildman–Crippen LogP) is 15.6. The Morgan fingerprint density at radius 1 is 0.743 bits per heavy atom. The molecule has 10 atom stereocenters. The molecule has 4 aliphatic carbocycles. The monoisotopic (exact) mass is 975 g/mol. The molecule has 70 heavy (non-hydrogen) atoms. The highest BCUT2D eigenvalue weighted by Gasteiger charge is 2.59. The fourth-order valence-corrected chi connectivity index (χ4v) is 14.8. The van der Waals surface area contributed by atoms with Gasteiger partial charge in [0.15, 0.2) is 0 Å². The summed E-state index contributed by atoms with van der Waals surface area (Å²) >= 11 is 0.